The molecule has 0 spiro atoms. The van der Waals surface area contributed by atoms with Crippen molar-refractivity contribution < 1.29 is 9.53 Å². The molecular formula is C18H24N2O2. The van der Waals surface area contributed by atoms with Crippen LogP contribution in [0.25, 0.3) is 10.9 Å². The van der Waals surface area contributed by atoms with Gasteiger partial charge < -0.3 is 15.0 Å². The summed E-state index contributed by atoms with van der Waals surface area (Å²) >= 11 is 0. The molecule has 0 radical (unpaired) electrons. The molecule has 2 N–H and O–H groups in total. The third-order valence-electron chi connectivity index (χ3n) is 4.66. The molecule has 0 saturated carbocycles. The van der Waals surface area contributed by atoms with Gasteiger partial charge in [-0.3, -0.25) is 4.79 Å². The predicted molar refractivity (Wildman–Crippen MR) is 87.9 cm³/mol. The van der Waals surface area contributed by atoms with Crippen LogP contribution in [0, 0.1) is 12.8 Å². The van der Waals surface area contributed by atoms with Crippen molar-refractivity contribution in [1.29, 1.82) is 0 Å². The third kappa shape index (κ3) is 3.17. The third-order valence-corrected chi connectivity index (χ3v) is 4.66. The van der Waals surface area contributed by atoms with Gasteiger partial charge in [0.2, 0.25) is 5.91 Å². The SMILES string of the molecule is Cc1[nH]c2ccccc2c1CC(=O)NC(C)C1CCCOC1. The fourth-order valence-electron chi connectivity index (χ4n) is 3.31. The molecular weight excluding hydrogens is 276 g/mol. The van der Waals surface area contributed by atoms with E-state index in [4.69, 9.17) is 4.74 Å². The molecule has 4 heteroatoms. The maximum Gasteiger partial charge on any atom is 0.224 e. The Hall–Kier alpha value is -1.81. The average molecular weight is 300 g/mol. The molecule has 22 heavy (non-hydrogen) atoms. The number of carbonyl (C=O) groups is 1. The van der Waals surface area contributed by atoms with Crippen LogP contribution >= 0.6 is 0 Å². The molecule has 1 amide bonds. The first-order valence-electron chi connectivity index (χ1n) is 8.08. The number of aryl methyl sites for hydroxylation is 1. The number of ether oxygens (including phenoxy) is 1. The van der Waals surface area contributed by atoms with Crippen molar-refractivity contribution in [3.8, 4) is 0 Å². The summed E-state index contributed by atoms with van der Waals surface area (Å²) in [6.45, 7) is 5.72. The Kier molecular flexibility index (Phi) is 4.48. The number of aromatic nitrogens is 1. The van der Waals surface area contributed by atoms with Gasteiger partial charge in [-0.15, -0.1) is 0 Å². The van der Waals surface area contributed by atoms with Gasteiger partial charge in [0.25, 0.3) is 0 Å². The van der Waals surface area contributed by atoms with Crippen molar-refractivity contribution >= 4 is 16.8 Å². The number of para-hydroxylation sites is 1. The highest BCUT2D eigenvalue weighted by molar-refractivity contribution is 5.90. The number of nitrogens with one attached hydrogen (secondary N) is 2. The number of H-pyrrole nitrogens is 1. The van der Waals surface area contributed by atoms with Crippen LogP contribution in [0.2, 0.25) is 0 Å². The fraction of sp³-hybridized carbons (Fsp3) is 0.500. The first-order chi connectivity index (χ1) is 10.6. The fourth-order valence-corrected chi connectivity index (χ4v) is 3.31. The summed E-state index contributed by atoms with van der Waals surface area (Å²) in [5, 5.41) is 4.29. The van der Waals surface area contributed by atoms with E-state index < -0.39 is 0 Å². The van der Waals surface area contributed by atoms with E-state index in [9.17, 15) is 4.79 Å². The van der Waals surface area contributed by atoms with Crippen LogP contribution in [0.3, 0.4) is 0 Å². The van der Waals surface area contributed by atoms with E-state index in [-0.39, 0.29) is 11.9 Å². The second-order valence-corrected chi connectivity index (χ2v) is 6.28. The Morgan fingerprint density at radius 1 is 1.45 bits per heavy atom. The summed E-state index contributed by atoms with van der Waals surface area (Å²) < 4.78 is 5.51. The number of fused-ring (bicyclic) bond motifs is 1. The highest BCUT2D eigenvalue weighted by atomic mass is 16.5. The summed E-state index contributed by atoms with van der Waals surface area (Å²) in [5.41, 5.74) is 3.27. The van der Waals surface area contributed by atoms with Gasteiger partial charge in [-0.25, -0.2) is 0 Å². The highest BCUT2D eigenvalue weighted by Crippen LogP contribution is 2.22. The Morgan fingerprint density at radius 3 is 3.05 bits per heavy atom. The minimum Gasteiger partial charge on any atom is -0.381 e. The molecule has 2 atom stereocenters. The number of hydrogen-bond donors (Lipinski definition) is 2. The summed E-state index contributed by atoms with van der Waals surface area (Å²) in [6.07, 6.45) is 2.65. The highest BCUT2D eigenvalue weighted by Gasteiger charge is 2.22. The molecule has 0 bridgehead atoms. The van der Waals surface area contributed by atoms with E-state index >= 15 is 0 Å². The second-order valence-electron chi connectivity index (χ2n) is 6.28. The minimum atomic E-state index is 0.0888. The number of aromatic amines is 1. The molecule has 1 aliphatic rings. The van der Waals surface area contributed by atoms with E-state index in [2.05, 4.69) is 23.3 Å². The smallest absolute Gasteiger partial charge is 0.224 e. The zero-order valence-corrected chi connectivity index (χ0v) is 13.3. The van der Waals surface area contributed by atoms with Crippen molar-refractivity contribution in [1.82, 2.24) is 10.3 Å². The van der Waals surface area contributed by atoms with Crippen LogP contribution in [0.15, 0.2) is 24.3 Å². The van der Waals surface area contributed by atoms with Gasteiger partial charge in [0.05, 0.1) is 13.0 Å². The zero-order chi connectivity index (χ0) is 15.5. The molecule has 1 fully saturated rings. The van der Waals surface area contributed by atoms with Crippen LogP contribution in [-0.2, 0) is 16.0 Å². The van der Waals surface area contributed by atoms with Gasteiger partial charge in [-0.05, 0) is 38.3 Å². The van der Waals surface area contributed by atoms with Gasteiger partial charge in [0.15, 0.2) is 0 Å². The van der Waals surface area contributed by atoms with E-state index in [1.165, 1.54) is 0 Å². The Labute approximate surface area is 131 Å². The van der Waals surface area contributed by atoms with Crippen molar-refractivity contribution in [2.75, 3.05) is 13.2 Å². The molecule has 4 nitrogen and oxygen atoms in total. The molecule has 0 aliphatic carbocycles. The Bertz CT molecular complexity index is 656. The number of rotatable bonds is 4. The first-order valence-corrected chi connectivity index (χ1v) is 8.08. The lowest BCUT2D eigenvalue weighted by molar-refractivity contribution is -0.121. The first kappa shape index (κ1) is 15.1. The lowest BCUT2D eigenvalue weighted by Gasteiger charge is -2.28. The molecule has 1 aromatic heterocycles. The van der Waals surface area contributed by atoms with Gasteiger partial charge in [0, 0.05) is 35.2 Å². The van der Waals surface area contributed by atoms with Crippen LogP contribution in [0.1, 0.15) is 31.0 Å². The number of benzene rings is 1. The van der Waals surface area contributed by atoms with Crippen molar-refractivity contribution in [3.63, 3.8) is 0 Å². The molecule has 2 heterocycles. The van der Waals surface area contributed by atoms with E-state index in [0.29, 0.717) is 12.3 Å². The van der Waals surface area contributed by atoms with Gasteiger partial charge >= 0.3 is 0 Å². The summed E-state index contributed by atoms with van der Waals surface area (Å²) in [5.74, 6) is 0.521. The van der Waals surface area contributed by atoms with E-state index in [1.54, 1.807) is 0 Å². The van der Waals surface area contributed by atoms with Gasteiger partial charge in [0.1, 0.15) is 0 Å². The van der Waals surface area contributed by atoms with Gasteiger partial charge in [-0.1, -0.05) is 18.2 Å². The quantitative estimate of drug-likeness (QED) is 0.912. The van der Waals surface area contributed by atoms with E-state index in [0.717, 1.165) is 48.2 Å². The van der Waals surface area contributed by atoms with Crippen LogP contribution in [0.4, 0.5) is 0 Å². The molecule has 1 aliphatic heterocycles. The maximum atomic E-state index is 12.4. The van der Waals surface area contributed by atoms with Gasteiger partial charge in [-0.2, -0.15) is 0 Å². The van der Waals surface area contributed by atoms with Crippen LogP contribution in [0.5, 0.6) is 0 Å². The topological polar surface area (TPSA) is 54.1 Å². The summed E-state index contributed by atoms with van der Waals surface area (Å²) in [6, 6.07) is 8.30. The molecule has 118 valence electrons. The Balaban J connectivity index is 1.66. The number of hydrogen-bond acceptors (Lipinski definition) is 2. The lowest BCUT2D eigenvalue weighted by Crippen LogP contribution is -2.41. The second kappa shape index (κ2) is 6.53. The number of carbonyl (C=O) groups excluding carboxylic acids is 1. The molecule has 1 saturated heterocycles. The summed E-state index contributed by atoms with van der Waals surface area (Å²) in [7, 11) is 0. The Morgan fingerprint density at radius 2 is 2.27 bits per heavy atom. The minimum absolute atomic E-state index is 0.0888. The largest absolute Gasteiger partial charge is 0.381 e. The molecule has 1 aromatic carbocycles. The standard InChI is InChI=1S/C18H24N2O2/c1-12(14-6-5-9-22-11-14)20-18(21)10-16-13(2)19-17-8-4-3-7-15(16)17/h3-4,7-8,12,14,19H,5-6,9-11H2,1-2H3,(H,20,21). The normalized spacial score (nSPS) is 20.0. The predicted octanol–water partition coefficient (Wildman–Crippen LogP) is 2.95. The molecule has 2 aromatic rings. The lowest BCUT2D eigenvalue weighted by atomic mass is 9.94. The average Bonchev–Trinajstić information content (AvgIpc) is 2.84. The van der Waals surface area contributed by atoms with Crippen molar-refractivity contribution in [2.24, 2.45) is 5.92 Å². The summed E-state index contributed by atoms with van der Waals surface area (Å²) in [4.78, 5) is 15.7. The number of amides is 1. The van der Waals surface area contributed by atoms with Crippen molar-refractivity contribution in [3.05, 3.63) is 35.5 Å². The molecule has 2 unspecified atom stereocenters. The van der Waals surface area contributed by atoms with Crippen LogP contribution in [-0.4, -0.2) is 30.1 Å². The van der Waals surface area contributed by atoms with Crippen molar-refractivity contribution in [2.45, 2.75) is 39.2 Å². The van der Waals surface area contributed by atoms with E-state index in [1.807, 2.05) is 25.1 Å². The molecule has 3 rings (SSSR count). The monoisotopic (exact) mass is 300 g/mol. The maximum absolute atomic E-state index is 12.4. The van der Waals surface area contributed by atoms with Crippen LogP contribution < -0.4 is 5.32 Å². The zero-order valence-electron chi connectivity index (χ0n) is 13.3.